The molecule has 3 rings (SSSR count). The van der Waals surface area contributed by atoms with Crippen LogP contribution in [0.1, 0.15) is 11.1 Å². The van der Waals surface area contributed by atoms with Crippen LogP contribution in [0.2, 0.25) is 0 Å². The van der Waals surface area contributed by atoms with Gasteiger partial charge in [0.25, 0.3) is 0 Å². The van der Waals surface area contributed by atoms with Crippen molar-refractivity contribution in [2.75, 3.05) is 0 Å². The number of aromatic nitrogens is 1. The molecule has 2 aromatic carbocycles. The second-order valence-corrected chi connectivity index (χ2v) is 5.12. The van der Waals surface area contributed by atoms with Crippen molar-refractivity contribution < 1.29 is 13.2 Å². The first-order valence-electron chi connectivity index (χ1n) is 6.66. The number of pyridine rings is 1. The Balaban J connectivity index is 2.32. The van der Waals surface area contributed by atoms with E-state index in [0.717, 1.165) is 11.1 Å². The SMILES string of the molecule is Cc1ccccc1-c1ccc2[nH]c(=O)cc(C(F)(F)F)c2c1. The van der Waals surface area contributed by atoms with Crippen LogP contribution >= 0.6 is 0 Å². The first kappa shape index (κ1) is 14.4. The van der Waals surface area contributed by atoms with Crippen LogP contribution in [0.15, 0.2) is 53.3 Å². The molecule has 0 spiro atoms. The lowest BCUT2D eigenvalue weighted by Crippen LogP contribution is -2.13. The summed E-state index contributed by atoms with van der Waals surface area (Å²) in [4.78, 5) is 13.8. The van der Waals surface area contributed by atoms with Gasteiger partial charge in [-0.25, -0.2) is 0 Å². The lowest BCUT2D eigenvalue weighted by atomic mass is 9.97. The first-order chi connectivity index (χ1) is 10.4. The van der Waals surface area contributed by atoms with E-state index < -0.39 is 17.3 Å². The monoisotopic (exact) mass is 303 g/mol. The Morgan fingerprint density at radius 2 is 1.73 bits per heavy atom. The quantitative estimate of drug-likeness (QED) is 0.704. The van der Waals surface area contributed by atoms with Crippen molar-refractivity contribution in [2.24, 2.45) is 0 Å². The minimum Gasteiger partial charge on any atom is -0.322 e. The van der Waals surface area contributed by atoms with Gasteiger partial charge < -0.3 is 4.98 Å². The van der Waals surface area contributed by atoms with E-state index in [-0.39, 0.29) is 10.9 Å². The first-order valence-corrected chi connectivity index (χ1v) is 6.66. The number of H-pyrrole nitrogens is 1. The molecule has 112 valence electrons. The van der Waals surface area contributed by atoms with Crippen LogP contribution in [-0.4, -0.2) is 4.98 Å². The molecule has 0 atom stereocenters. The summed E-state index contributed by atoms with van der Waals surface area (Å²) in [5, 5.41) is -0.00662. The van der Waals surface area contributed by atoms with Gasteiger partial charge in [-0.3, -0.25) is 4.79 Å². The van der Waals surface area contributed by atoms with Crippen LogP contribution in [0.3, 0.4) is 0 Å². The van der Waals surface area contributed by atoms with Crippen LogP contribution in [0.4, 0.5) is 13.2 Å². The lowest BCUT2D eigenvalue weighted by Gasteiger charge is -2.12. The Morgan fingerprint density at radius 3 is 2.41 bits per heavy atom. The third-order valence-electron chi connectivity index (χ3n) is 3.60. The fourth-order valence-electron chi connectivity index (χ4n) is 2.55. The molecule has 0 amide bonds. The number of aromatic amines is 1. The van der Waals surface area contributed by atoms with Gasteiger partial charge in [0.2, 0.25) is 5.56 Å². The number of hydrogen-bond acceptors (Lipinski definition) is 1. The van der Waals surface area contributed by atoms with Gasteiger partial charge in [-0.2, -0.15) is 13.2 Å². The van der Waals surface area contributed by atoms with Gasteiger partial charge in [-0.15, -0.1) is 0 Å². The zero-order valence-corrected chi connectivity index (χ0v) is 11.7. The maximum absolute atomic E-state index is 13.2. The van der Waals surface area contributed by atoms with E-state index in [0.29, 0.717) is 11.6 Å². The summed E-state index contributed by atoms with van der Waals surface area (Å²) in [5.41, 5.74) is 1.02. The Labute approximate surface area is 124 Å². The number of aryl methyl sites for hydroxylation is 1. The third kappa shape index (κ3) is 2.50. The highest BCUT2D eigenvalue weighted by Crippen LogP contribution is 2.35. The summed E-state index contributed by atoms with van der Waals surface area (Å²) in [5.74, 6) is 0. The Hall–Kier alpha value is -2.56. The van der Waals surface area contributed by atoms with Crippen molar-refractivity contribution in [2.45, 2.75) is 13.1 Å². The summed E-state index contributed by atoms with van der Waals surface area (Å²) in [6.45, 7) is 1.90. The number of alkyl halides is 3. The molecule has 0 aliphatic heterocycles. The number of nitrogens with one attached hydrogen (secondary N) is 1. The molecule has 2 nitrogen and oxygen atoms in total. The van der Waals surface area contributed by atoms with Gasteiger partial charge in [-0.05, 0) is 35.7 Å². The smallest absolute Gasteiger partial charge is 0.322 e. The molecule has 0 saturated heterocycles. The third-order valence-corrected chi connectivity index (χ3v) is 3.60. The topological polar surface area (TPSA) is 32.9 Å². The van der Waals surface area contributed by atoms with E-state index in [1.165, 1.54) is 12.1 Å². The molecule has 0 saturated carbocycles. The minimum atomic E-state index is -4.57. The van der Waals surface area contributed by atoms with Crippen molar-refractivity contribution in [3.63, 3.8) is 0 Å². The van der Waals surface area contributed by atoms with E-state index >= 15 is 0 Å². The maximum atomic E-state index is 13.2. The maximum Gasteiger partial charge on any atom is 0.417 e. The highest BCUT2D eigenvalue weighted by Gasteiger charge is 2.33. The summed E-state index contributed by atoms with van der Waals surface area (Å²) in [6.07, 6.45) is -4.57. The number of benzene rings is 2. The Kier molecular flexibility index (Phi) is 3.28. The highest BCUT2D eigenvalue weighted by atomic mass is 19.4. The molecular formula is C17H12F3NO. The zero-order valence-electron chi connectivity index (χ0n) is 11.7. The molecule has 0 radical (unpaired) electrons. The standard InChI is InChI=1S/C17H12F3NO/c1-10-4-2-3-5-12(10)11-6-7-15-13(8-11)14(17(18,19)20)9-16(22)21-15/h2-9H,1H3,(H,21,22). The van der Waals surface area contributed by atoms with E-state index in [9.17, 15) is 18.0 Å². The fraction of sp³-hybridized carbons (Fsp3) is 0.118. The van der Waals surface area contributed by atoms with Gasteiger partial charge in [0, 0.05) is 17.0 Å². The predicted octanol–water partition coefficient (Wildman–Crippen LogP) is 4.52. The molecule has 0 aliphatic carbocycles. The molecule has 3 aromatic rings. The predicted molar refractivity (Wildman–Crippen MR) is 79.7 cm³/mol. The van der Waals surface area contributed by atoms with Gasteiger partial charge in [0.05, 0.1) is 5.56 Å². The van der Waals surface area contributed by atoms with Gasteiger partial charge >= 0.3 is 6.18 Å². The average Bonchev–Trinajstić information content (AvgIpc) is 2.45. The van der Waals surface area contributed by atoms with E-state index in [2.05, 4.69) is 4.98 Å². The lowest BCUT2D eigenvalue weighted by molar-refractivity contribution is -0.136. The van der Waals surface area contributed by atoms with E-state index in [4.69, 9.17) is 0 Å². The summed E-state index contributed by atoms with van der Waals surface area (Å²) in [6, 6.07) is 12.8. The number of fused-ring (bicyclic) bond motifs is 1. The van der Waals surface area contributed by atoms with E-state index in [1.54, 1.807) is 6.07 Å². The van der Waals surface area contributed by atoms with Crippen LogP contribution < -0.4 is 5.56 Å². The largest absolute Gasteiger partial charge is 0.417 e. The second-order valence-electron chi connectivity index (χ2n) is 5.12. The van der Waals surface area contributed by atoms with Crippen LogP contribution in [0.5, 0.6) is 0 Å². The molecule has 0 aliphatic rings. The molecule has 0 unspecified atom stereocenters. The number of rotatable bonds is 1. The number of halogens is 3. The van der Waals surface area contributed by atoms with Crippen LogP contribution in [0, 0.1) is 6.92 Å². The molecule has 0 bridgehead atoms. The van der Waals surface area contributed by atoms with Crippen molar-refractivity contribution in [3.8, 4) is 11.1 Å². The van der Waals surface area contributed by atoms with Crippen LogP contribution in [-0.2, 0) is 6.18 Å². The van der Waals surface area contributed by atoms with Gasteiger partial charge in [-0.1, -0.05) is 30.3 Å². The van der Waals surface area contributed by atoms with Gasteiger partial charge in [0.15, 0.2) is 0 Å². The summed E-state index contributed by atoms with van der Waals surface area (Å²) >= 11 is 0. The van der Waals surface area contributed by atoms with Crippen molar-refractivity contribution in [1.29, 1.82) is 0 Å². The second kappa shape index (κ2) is 5.02. The molecular weight excluding hydrogens is 291 g/mol. The Morgan fingerprint density at radius 1 is 1.00 bits per heavy atom. The van der Waals surface area contributed by atoms with Crippen molar-refractivity contribution in [3.05, 3.63) is 70.0 Å². The summed E-state index contributed by atoms with van der Waals surface area (Å²) in [7, 11) is 0. The minimum absolute atomic E-state index is 0.00662. The van der Waals surface area contributed by atoms with Crippen molar-refractivity contribution in [1.82, 2.24) is 4.98 Å². The number of hydrogen-bond donors (Lipinski definition) is 1. The Bertz CT molecular complexity index is 910. The van der Waals surface area contributed by atoms with Gasteiger partial charge in [0.1, 0.15) is 0 Å². The molecule has 1 heterocycles. The molecule has 5 heteroatoms. The van der Waals surface area contributed by atoms with Crippen LogP contribution in [0.25, 0.3) is 22.0 Å². The zero-order chi connectivity index (χ0) is 15.9. The molecule has 1 aromatic heterocycles. The normalized spacial score (nSPS) is 11.8. The summed E-state index contributed by atoms with van der Waals surface area (Å²) < 4.78 is 39.5. The highest BCUT2D eigenvalue weighted by molar-refractivity contribution is 5.88. The average molecular weight is 303 g/mol. The molecule has 1 N–H and O–H groups in total. The molecule has 0 fully saturated rings. The fourth-order valence-corrected chi connectivity index (χ4v) is 2.55. The molecule has 22 heavy (non-hydrogen) atoms. The van der Waals surface area contributed by atoms with E-state index in [1.807, 2.05) is 31.2 Å². The van der Waals surface area contributed by atoms with Crippen molar-refractivity contribution >= 4 is 10.9 Å².